The van der Waals surface area contributed by atoms with Crippen molar-refractivity contribution in [2.24, 2.45) is 0 Å². The third-order valence-electron chi connectivity index (χ3n) is 3.36. The van der Waals surface area contributed by atoms with Crippen molar-refractivity contribution in [1.82, 2.24) is 14.5 Å². The highest BCUT2D eigenvalue weighted by molar-refractivity contribution is 5.58. The van der Waals surface area contributed by atoms with Crippen molar-refractivity contribution in [1.29, 1.82) is 0 Å². The van der Waals surface area contributed by atoms with Crippen molar-refractivity contribution in [2.75, 3.05) is 26.5 Å². The van der Waals surface area contributed by atoms with Crippen molar-refractivity contribution < 1.29 is 4.74 Å². The quantitative estimate of drug-likeness (QED) is 0.850. The van der Waals surface area contributed by atoms with Crippen molar-refractivity contribution in [2.45, 2.75) is 26.6 Å². The van der Waals surface area contributed by atoms with Gasteiger partial charge in [0.2, 0.25) is 0 Å². The Kier molecular flexibility index (Phi) is 5.22. The summed E-state index contributed by atoms with van der Waals surface area (Å²) in [5.41, 5.74) is 3.44. The standard InChI is InChI=1S/C16H24N4O/c1-5-20-12-17-9-14(20)10-18-15-8-13(11-19(2)3)6-7-16(15)21-4/h6-9,12,18H,5,10-11H2,1-4H3. The Hall–Kier alpha value is -2.01. The van der Waals surface area contributed by atoms with E-state index in [1.54, 1.807) is 7.11 Å². The molecule has 0 saturated heterocycles. The maximum absolute atomic E-state index is 5.43. The van der Waals surface area contributed by atoms with Crippen molar-refractivity contribution >= 4 is 5.69 Å². The molecular formula is C16H24N4O. The minimum Gasteiger partial charge on any atom is -0.495 e. The fraction of sp³-hybridized carbons (Fsp3) is 0.438. The van der Waals surface area contributed by atoms with E-state index in [9.17, 15) is 0 Å². The van der Waals surface area contributed by atoms with Gasteiger partial charge in [-0.2, -0.15) is 0 Å². The Morgan fingerprint density at radius 1 is 1.33 bits per heavy atom. The smallest absolute Gasteiger partial charge is 0.141 e. The minimum absolute atomic E-state index is 0.732. The van der Waals surface area contributed by atoms with Gasteiger partial charge in [-0.3, -0.25) is 0 Å². The Labute approximate surface area is 126 Å². The van der Waals surface area contributed by atoms with Gasteiger partial charge in [-0.1, -0.05) is 6.07 Å². The van der Waals surface area contributed by atoms with E-state index in [0.717, 1.165) is 36.8 Å². The molecule has 0 atom stereocenters. The second kappa shape index (κ2) is 7.13. The van der Waals surface area contributed by atoms with Crippen LogP contribution in [0.1, 0.15) is 18.2 Å². The predicted octanol–water partition coefficient (Wildman–Crippen LogP) is 2.59. The van der Waals surface area contributed by atoms with E-state index >= 15 is 0 Å². The molecule has 0 spiro atoms. The largest absolute Gasteiger partial charge is 0.495 e. The van der Waals surface area contributed by atoms with Gasteiger partial charge in [-0.15, -0.1) is 0 Å². The fourth-order valence-electron chi connectivity index (χ4n) is 2.32. The number of benzene rings is 1. The van der Waals surface area contributed by atoms with Crippen molar-refractivity contribution in [3.8, 4) is 5.75 Å². The normalized spacial score (nSPS) is 10.9. The summed E-state index contributed by atoms with van der Waals surface area (Å²) in [6.07, 6.45) is 3.75. The van der Waals surface area contributed by atoms with Crippen LogP contribution in [0.3, 0.4) is 0 Å². The average molecular weight is 288 g/mol. The van der Waals surface area contributed by atoms with E-state index in [-0.39, 0.29) is 0 Å². The summed E-state index contributed by atoms with van der Waals surface area (Å²) in [6, 6.07) is 6.25. The lowest BCUT2D eigenvalue weighted by atomic mass is 10.1. The topological polar surface area (TPSA) is 42.3 Å². The summed E-state index contributed by atoms with van der Waals surface area (Å²) in [6.45, 7) is 4.68. The molecule has 1 N–H and O–H groups in total. The van der Waals surface area contributed by atoms with Crippen LogP contribution >= 0.6 is 0 Å². The van der Waals surface area contributed by atoms with E-state index in [0.29, 0.717) is 0 Å². The Morgan fingerprint density at radius 3 is 2.81 bits per heavy atom. The van der Waals surface area contributed by atoms with Crippen LogP contribution in [-0.4, -0.2) is 35.7 Å². The van der Waals surface area contributed by atoms with Gasteiger partial charge in [-0.05, 0) is 38.7 Å². The van der Waals surface area contributed by atoms with E-state index in [2.05, 4.69) is 52.9 Å². The number of hydrogen-bond acceptors (Lipinski definition) is 4. The number of aryl methyl sites for hydroxylation is 1. The van der Waals surface area contributed by atoms with Gasteiger partial charge in [0.15, 0.2) is 0 Å². The SMILES string of the molecule is CCn1cncc1CNc1cc(CN(C)C)ccc1OC. The lowest BCUT2D eigenvalue weighted by molar-refractivity contribution is 0.400. The number of hydrogen-bond donors (Lipinski definition) is 1. The second-order valence-electron chi connectivity index (χ2n) is 5.30. The first-order valence-electron chi connectivity index (χ1n) is 7.18. The molecule has 1 heterocycles. The summed E-state index contributed by atoms with van der Waals surface area (Å²) in [4.78, 5) is 6.34. The second-order valence-corrected chi connectivity index (χ2v) is 5.30. The predicted molar refractivity (Wildman–Crippen MR) is 85.6 cm³/mol. The molecule has 5 nitrogen and oxygen atoms in total. The van der Waals surface area contributed by atoms with Crippen LogP contribution in [0.4, 0.5) is 5.69 Å². The summed E-state index contributed by atoms with van der Waals surface area (Å²) >= 11 is 0. The number of rotatable bonds is 7. The number of methoxy groups -OCH3 is 1. The van der Waals surface area contributed by atoms with E-state index in [1.807, 2.05) is 18.6 Å². The summed E-state index contributed by atoms with van der Waals surface area (Å²) in [5, 5.41) is 3.45. The molecule has 1 aromatic heterocycles. The van der Waals surface area contributed by atoms with E-state index < -0.39 is 0 Å². The molecule has 0 radical (unpaired) electrons. The van der Waals surface area contributed by atoms with E-state index in [4.69, 9.17) is 4.74 Å². The maximum Gasteiger partial charge on any atom is 0.141 e. The van der Waals surface area contributed by atoms with Gasteiger partial charge in [0, 0.05) is 19.3 Å². The third-order valence-corrected chi connectivity index (χ3v) is 3.36. The van der Waals surface area contributed by atoms with Crippen LogP contribution in [0.25, 0.3) is 0 Å². The van der Waals surface area contributed by atoms with Crippen LogP contribution in [0.2, 0.25) is 0 Å². The molecule has 0 saturated carbocycles. The molecule has 0 fully saturated rings. The van der Waals surface area contributed by atoms with Crippen LogP contribution < -0.4 is 10.1 Å². The number of aromatic nitrogens is 2. The molecule has 2 rings (SSSR count). The van der Waals surface area contributed by atoms with Gasteiger partial charge in [0.25, 0.3) is 0 Å². The summed E-state index contributed by atoms with van der Waals surface area (Å²) in [5.74, 6) is 0.861. The Morgan fingerprint density at radius 2 is 2.14 bits per heavy atom. The zero-order valence-electron chi connectivity index (χ0n) is 13.3. The number of nitrogens with zero attached hydrogens (tertiary/aromatic N) is 3. The Bertz CT molecular complexity index is 577. The highest BCUT2D eigenvalue weighted by Crippen LogP contribution is 2.26. The first-order valence-corrected chi connectivity index (χ1v) is 7.18. The lowest BCUT2D eigenvalue weighted by Crippen LogP contribution is -2.11. The lowest BCUT2D eigenvalue weighted by Gasteiger charge is -2.15. The zero-order chi connectivity index (χ0) is 15.2. The third kappa shape index (κ3) is 3.98. The van der Waals surface area contributed by atoms with Crippen molar-refractivity contribution in [3.63, 3.8) is 0 Å². The molecular weight excluding hydrogens is 264 g/mol. The number of nitrogens with one attached hydrogen (secondary N) is 1. The first kappa shape index (κ1) is 15.4. The highest BCUT2D eigenvalue weighted by Gasteiger charge is 2.07. The van der Waals surface area contributed by atoms with Crippen molar-refractivity contribution in [3.05, 3.63) is 42.0 Å². The van der Waals surface area contributed by atoms with Crippen LogP contribution in [-0.2, 0) is 19.6 Å². The molecule has 0 bridgehead atoms. The number of anilines is 1. The highest BCUT2D eigenvalue weighted by atomic mass is 16.5. The molecule has 5 heteroatoms. The molecule has 114 valence electrons. The monoisotopic (exact) mass is 288 g/mol. The average Bonchev–Trinajstić information content (AvgIpc) is 2.92. The van der Waals surface area contributed by atoms with Gasteiger partial charge < -0.3 is 19.5 Å². The number of imidazole rings is 1. The molecule has 21 heavy (non-hydrogen) atoms. The molecule has 0 unspecified atom stereocenters. The Balaban J connectivity index is 2.13. The van der Waals surface area contributed by atoms with Crippen LogP contribution in [0.5, 0.6) is 5.75 Å². The van der Waals surface area contributed by atoms with E-state index in [1.165, 1.54) is 5.56 Å². The summed E-state index contributed by atoms with van der Waals surface area (Å²) in [7, 11) is 5.83. The minimum atomic E-state index is 0.732. The molecule has 0 amide bonds. The molecule has 2 aromatic rings. The molecule has 0 aliphatic rings. The molecule has 0 aliphatic heterocycles. The number of ether oxygens (including phenoxy) is 1. The zero-order valence-corrected chi connectivity index (χ0v) is 13.3. The van der Waals surface area contributed by atoms with Gasteiger partial charge in [0.05, 0.1) is 31.4 Å². The summed E-state index contributed by atoms with van der Waals surface area (Å²) < 4.78 is 7.56. The van der Waals surface area contributed by atoms with Gasteiger partial charge >= 0.3 is 0 Å². The van der Waals surface area contributed by atoms with Gasteiger partial charge in [0.1, 0.15) is 5.75 Å². The maximum atomic E-state index is 5.43. The van der Waals surface area contributed by atoms with Crippen LogP contribution in [0.15, 0.2) is 30.7 Å². The molecule has 1 aromatic carbocycles. The first-order chi connectivity index (χ1) is 10.1. The fourth-order valence-corrected chi connectivity index (χ4v) is 2.32. The molecule has 0 aliphatic carbocycles. The van der Waals surface area contributed by atoms with Gasteiger partial charge in [-0.25, -0.2) is 4.98 Å². The van der Waals surface area contributed by atoms with Crippen LogP contribution in [0, 0.1) is 0 Å².